The number of carbonyl (C=O) groups is 1. The normalized spacial score (nSPS) is 10.3. The second-order valence-electron chi connectivity index (χ2n) is 3.54. The largest absolute Gasteiger partial charge is 0.465 e. The Labute approximate surface area is 104 Å². The Morgan fingerprint density at radius 2 is 2.00 bits per heavy atom. The van der Waals surface area contributed by atoms with Gasteiger partial charge in [0, 0.05) is 11.2 Å². The fourth-order valence-electron chi connectivity index (χ4n) is 1.50. The van der Waals surface area contributed by atoms with Gasteiger partial charge in [-0.3, -0.25) is 0 Å². The molecule has 0 aliphatic heterocycles. The van der Waals surface area contributed by atoms with E-state index in [0.717, 1.165) is 5.69 Å². The van der Waals surface area contributed by atoms with Crippen molar-refractivity contribution in [1.82, 2.24) is 9.78 Å². The number of aryl methyl sites for hydroxylation is 1. The van der Waals surface area contributed by atoms with Crippen molar-refractivity contribution in [3.05, 3.63) is 46.7 Å². The first-order chi connectivity index (χ1) is 8.11. The second-order valence-corrected chi connectivity index (χ2v) is 3.98. The predicted molar refractivity (Wildman–Crippen MR) is 64.7 cm³/mol. The molecule has 1 heterocycles. The Bertz CT molecular complexity index is 546. The monoisotopic (exact) mass is 250 g/mol. The summed E-state index contributed by atoms with van der Waals surface area (Å²) in [5.41, 5.74) is 1.93. The minimum atomic E-state index is -0.386. The molecule has 0 radical (unpaired) electrons. The first kappa shape index (κ1) is 11.7. The van der Waals surface area contributed by atoms with Crippen LogP contribution in [0, 0.1) is 6.92 Å². The average molecular weight is 251 g/mol. The Morgan fingerprint density at radius 3 is 2.59 bits per heavy atom. The van der Waals surface area contributed by atoms with E-state index in [0.29, 0.717) is 16.3 Å². The third-order valence-electron chi connectivity index (χ3n) is 2.40. The van der Waals surface area contributed by atoms with Gasteiger partial charge < -0.3 is 4.74 Å². The minimum Gasteiger partial charge on any atom is -0.465 e. The van der Waals surface area contributed by atoms with Crippen molar-refractivity contribution < 1.29 is 9.53 Å². The number of carbonyl (C=O) groups excluding carboxylic acids is 1. The third kappa shape index (κ3) is 2.31. The van der Waals surface area contributed by atoms with E-state index in [1.54, 1.807) is 29.9 Å². The van der Waals surface area contributed by atoms with Crippen molar-refractivity contribution in [1.29, 1.82) is 0 Å². The zero-order valence-corrected chi connectivity index (χ0v) is 10.2. The Balaban J connectivity index is 2.41. The van der Waals surface area contributed by atoms with Gasteiger partial charge in [0.2, 0.25) is 0 Å². The van der Waals surface area contributed by atoms with Gasteiger partial charge in [-0.25, -0.2) is 9.48 Å². The summed E-state index contributed by atoms with van der Waals surface area (Å²) in [5, 5.41) is 4.91. The van der Waals surface area contributed by atoms with Crippen molar-refractivity contribution in [2.75, 3.05) is 7.11 Å². The molecule has 0 aliphatic carbocycles. The molecule has 0 spiro atoms. The molecule has 2 rings (SSSR count). The van der Waals surface area contributed by atoms with Crippen LogP contribution in [0.2, 0.25) is 5.02 Å². The third-order valence-corrected chi connectivity index (χ3v) is 2.65. The summed E-state index contributed by atoms with van der Waals surface area (Å²) in [5.74, 6) is -0.386. The van der Waals surface area contributed by atoms with Crippen LogP contribution in [0.15, 0.2) is 30.5 Å². The summed E-state index contributed by atoms with van der Waals surface area (Å²) in [6.07, 6.45) is 1.64. The number of halogens is 1. The Morgan fingerprint density at radius 1 is 1.35 bits per heavy atom. The predicted octanol–water partition coefficient (Wildman–Crippen LogP) is 2.62. The summed E-state index contributed by atoms with van der Waals surface area (Å²) < 4.78 is 6.29. The molecule has 88 valence electrons. The van der Waals surface area contributed by atoms with Gasteiger partial charge in [-0.15, -0.1) is 0 Å². The van der Waals surface area contributed by atoms with Crippen LogP contribution in [0.3, 0.4) is 0 Å². The number of methoxy groups -OCH3 is 1. The molecule has 0 fully saturated rings. The number of hydrogen-bond acceptors (Lipinski definition) is 3. The van der Waals surface area contributed by atoms with Crippen LogP contribution in [0.1, 0.15) is 16.1 Å². The molecular weight excluding hydrogens is 240 g/mol. The van der Waals surface area contributed by atoms with Crippen molar-refractivity contribution in [3.8, 4) is 5.69 Å². The lowest BCUT2D eigenvalue weighted by Gasteiger charge is -2.00. The summed E-state index contributed by atoms with van der Waals surface area (Å²) in [4.78, 5) is 11.4. The highest BCUT2D eigenvalue weighted by atomic mass is 35.5. The SMILES string of the molecule is COC(=O)c1cn(-c2ccc(Cl)cc2)nc1C. The second kappa shape index (κ2) is 4.59. The van der Waals surface area contributed by atoms with Gasteiger partial charge in [0.05, 0.1) is 18.5 Å². The van der Waals surface area contributed by atoms with Gasteiger partial charge in [0.15, 0.2) is 0 Å². The van der Waals surface area contributed by atoms with Crippen LogP contribution in [-0.4, -0.2) is 22.9 Å². The molecule has 2 aromatic rings. The molecule has 0 N–H and O–H groups in total. The molecule has 5 heteroatoms. The molecule has 17 heavy (non-hydrogen) atoms. The maximum absolute atomic E-state index is 11.4. The summed E-state index contributed by atoms with van der Waals surface area (Å²) in [7, 11) is 1.35. The quantitative estimate of drug-likeness (QED) is 0.770. The first-order valence-electron chi connectivity index (χ1n) is 5.02. The molecule has 0 unspecified atom stereocenters. The van der Waals surface area contributed by atoms with E-state index in [1.165, 1.54) is 7.11 Å². The summed E-state index contributed by atoms with van der Waals surface area (Å²) in [6.45, 7) is 1.76. The van der Waals surface area contributed by atoms with Crippen LogP contribution in [0.5, 0.6) is 0 Å². The van der Waals surface area contributed by atoms with Gasteiger partial charge in [0.25, 0.3) is 0 Å². The van der Waals surface area contributed by atoms with E-state index < -0.39 is 0 Å². The van der Waals surface area contributed by atoms with Gasteiger partial charge >= 0.3 is 5.97 Å². The van der Waals surface area contributed by atoms with Gasteiger partial charge in [0.1, 0.15) is 5.56 Å². The number of hydrogen-bond donors (Lipinski definition) is 0. The van der Waals surface area contributed by atoms with E-state index in [4.69, 9.17) is 11.6 Å². The van der Waals surface area contributed by atoms with Gasteiger partial charge in [-0.2, -0.15) is 5.10 Å². The molecule has 1 aromatic heterocycles. The van der Waals surface area contributed by atoms with Crippen LogP contribution in [-0.2, 0) is 4.74 Å². The molecule has 0 saturated heterocycles. The van der Waals surface area contributed by atoms with E-state index in [-0.39, 0.29) is 5.97 Å². The molecule has 0 bridgehead atoms. The van der Waals surface area contributed by atoms with E-state index in [2.05, 4.69) is 9.84 Å². The summed E-state index contributed by atoms with van der Waals surface area (Å²) >= 11 is 5.80. The van der Waals surface area contributed by atoms with E-state index in [1.807, 2.05) is 12.1 Å². The van der Waals surface area contributed by atoms with Crippen LogP contribution in [0.4, 0.5) is 0 Å². The minimum absolute atomic E-state index is 0.386. The lowest BCUT2D eigenvalue weighted by molar-refractivity contribution is 0.0600. The molecule has 4 nitrogen and oxygen atoms in total. The molecule has 0 amide bonds. The zero-order valence-electron chi connectivity index (χ0n) is 9.48. The fourth-order valence-corrected chi connectivity index (χ4v) is 1.62. The number of nitrogens with zero attached hydrogens (tertiary/aromatic N) is 2. The highest BCUT2D eigenvalue weighted by Gasteiger charge is 2.14. The van der Waals surface area contributed by atoms with Gasteiger partial charge in [-0.1, -0.05) is 11.6 Å². The lowest BCUT2D eigenvalue weighted by Crippen LogP contribution is -2.01. The molecular formula is C12H11ClN2O2. The summed E-state index contributed by atoms with van der Waals surface area (Å²) in [6, 6.07) is 7.20. The average Bonchev–Trinajstić information content (AvgIpc) is 2.71. The number of benzene rings is 1. The number of aromatic nitrogens is 2. The first-order valence-corrected chi connectivity index (χ1v) is 5.40. The number of ether oxygens (including phenoxy) is 1. The zero-order chi connectivity index (χ0) is 12.4. The standard InChI is InChI=1S/C12H11ClN2O2/c1-8-11(12(16)17-2)7-15(14-8)10-5-3-9(13)4-6-10/h3-7H,1-2H3. The van der Waals surface area contributed by atoms with Crippen molar-refractivity contribution in [3.63, 3.8) is 0 Å². The maximum atomic E-state index is 11.4. The van der Waals surface area contributed by atoms with Crippen LogP contribution in [0.25, 0.3) is 5.69 Å². The highest BCUT2D eigenvalue weighted by Crippen LogP contribution is 2.15. The van der Waals surface area contributed by atoms with Crippen molar-refractivity contribution in [2.24, 2.45) is 0 Å². The van der Waals surface area contributed by atoms with Gasteiger partial charge in [-0.05, 0) is 31.2 Å². The van der Waals surface area contributed by atoms with Crippen LogP contribution < -0.4 is 0 Å². The van der Waals surface area contributed by atoms with Crippen molar-refractivity contribution >= 4 is 17.6 Å². The fraction of sp³-hybridized carbons (Fsp3) is 0.167. The maximum Gasteiger partial charge on any atom is 0.341 e. The molecule has 0 aliphatic rings. The smallest absolute Gasteiger partial charge is 0.341 e. The lowest BCUT2D eigenvalue weighted by atomic mass is 10.3. The number of rotatable bonds is 2. The topological polar surface area (TPSA) is 44.1 Å². The Hall–Kier alpha value is -1.81. The van der Waals surface area contributed by atoms with E-state index in [9.17, 15) is 4.79 Å². The number of esters is 1. The molecule has 0 saturated carbocycles. The molecule has 1 aromatic carbocycles. The van der Waals surface area contributed by atoms with Crippen molar-refractivity contribution in [2.45, 2.75) is 6.92 Å². The Kier molecular flexibility index (Phi) is 3.15. The molecule has 0 atom stereocenters. The van der Waals surface area contributed by atoms with Crippen LogP contribution >= 0.6 is 11.6 Å². The van der Waals surface area contributed by atoms with E-state index >= 15 is 0 Å². The highest BCUT2D eigenvalue weighted by molar-refractivity contribution is 6.30.